The van der Waals surface area contributed by atoms with E-state index in [0.717, 1.165) is 25.0 Å². The summed E-state index contributed by atoms with van der Waals surface area (Å²) in [6.45, 7) is 10.7. The highest BCUT2D eigenvalue weighted by Gasteiger charge is 2.49. The Hall–Kier alpha value is -4.30. The Kier molecular flexibility index (Phi) is 14.7. The van der Waals surface area contributed by atoms with Crippen molar-refractivity contribution >= 4 is 29.3 Å². The highest BCUT2D eigenvalue weighted by atomic mass is 16.6. The van der Waals surface area contributed by atoms with Gasteiger partial charge < -0.3 is 23.7 Å². The summed E-state index contributed by atoms with van der Waals surface area (Å²) < 4.78 is 27.4. The summed E-state index contributed by atoms with van der Waals surface area (Å²) in [6, 6.07) is 16.3. The number of rotatable bonds is 21. The van der Waals surface area contributed by atoms with Gasteiger partial charge in [-0.15, -0.1) is 0 Å². The molecule has 11 heteroatoms. The van der Waals surface area contributed by atoms with Crippen LogP contribution < -0.4 is 4.74 Å². The van der Waals surface area contributed by atoms with E-state index in [1.807, 2.05) is 31.2 Å². The Balaban J connectivity index is 1.43. The first-order valence-electron chi connectivity index (χ1n) is 17.0. The lowest BCUT2D eigenvalue weighted by molar-refractivity contribution is -0.168. The molecule has 2 aromatic carbocycles. The monoisotopic (exact) mass is 677 g/mol. The van der Waals surface area contributed by atoms with Crippen molar-refractivity contribution < 1.29 is 38.1 Å². The lowest BCUT2D eigenvalue weighted by atomic mass is 9.65. The number of benzene rings is 2. The van der Waals surface area contributed by atoms with E-state index < -0.39 is 34.2 Å². The molecular formula is C38H51N3O8. The molecule has 0 amide bonds. The topological polar surface area (TPSA) is 149 Å². The van der Waals surface area contributed by atoms with Crippen molar-refractivity contribution in [2.75, 3.05) is 33.5 Å². The number of azo groups is 1. The Morgan fingerprint density at radius 1 is 0.796 bits per heavy atom. The van der Waals surface area contributed by atoms with Crippen molar-refractivity contribution in [1.82, 2.24) is 0 Å². The van der Waals surface area contributed by atoms with Crippen molar-refractivity contribution in [1.29, 1.82) is 5.26 Å². The molecule has 0 aliphatic carbocycles. The molecule has 11 nitrogen and oxygen atoms in total. The van der Waals surface area contributed by atoms with Gasteiger partial charge in [-0.3, -0.25) is 14.4 Å². The molecule has 1 heterocycles. The number of unbranched alkanes of at least 4 members (excludes halogenated alkanes) is 3. The van der Waals surface area contributed by atoms with Gasteiger partial charge in [-0.25, -0.2) is 0 Å². The first kappa shape index (κ1) is 39.1. The fraction of sp³-hybridized carbons (Fsp3) is 0.579. The maximum atomic E-state index is 13.6. The molecule has 1 aliphatic rings. The molecule has 3 rings (SSSR count). The molecule has 2 aromatic rings. The zero-order chi connectivity index (χ0) is 35.9. The van der Waals surface area contributed by atoms with Gasteiger partial charge in [-0.2, -0.15) is 15.5 Å². The summed E-state index contributed by atoms with van der Waals surface area (Å²) in [4.78, 5) is 39.4. The molecule has 0 saturated carbocycles. The number of carbonyl (C=O) groups excluding carboxylic acids is 3. The maximum Gasteiger partial charge on any atom is 0.311 e. The Labute approximate surface area is 290 Å². The van der Waals surface area contributed by atoms with E-state index in [1.165, 1.54) is 7.11 Å². The third-order valence-corrected chi connectivity index (χ3v) is 8.85. The van der Waals surface area contributed by atoms with Crippen LogP contribution >= 0.6 is 0 Å². The van der Waals surface area contributed by atoms with Crippen molar-refractivity contribution in [2.45, 2.75) is 92.1 Å². The second-order valence-electron chi connectivity index (χ2n) is 13.8. The smallest absolute Gasteiger partial charge is 0.311 e. The summed E-state index contributed by atoms with van der Waals surface area (Å²) in [7, 11) is 1.34. The maximum absolute atomic E-state index is 13.6. The predicted molar refractivity (Wildman–Crippen MR) is 184 cm³/mol. The van der Waals surface area contributed by atoms with Gasteiger partial charge in [0.25, 0.3) is 0 Å². The lowest BCUT2D eigenvalue weighted by Crippen LogP contribution is -2.44. The molecule has 49 heavy (non-hydrogen) atoms. The lowest BCUT2D eigenvalue weighted by Gasteiger charge is -2.39. The van der Waals surface area contributed by atoms with Gasteiger partial charge in [0.2, 0.25) is 0 Å². The minimum atomic E-state index is -1.13. The number of nitrogens with zero attached hydrogens (tertiary/aromatic N) is 3. The second-order valence-corrected chi connectivity index (χ2v) is 13.8. The summed E-state index contributed by atoms with van der Waals surface area (Å²) in [6.07, 6.45) is 4.85. The van der Waals surface area contributed by atoms with E-state index >= 15 is 0 Å². The van der Waals surface area contributed by atoms with Gasteiger partial charge in [0, 0.05) is 6.42 Å². The summed E-state index contributed by atoms with van der Waals surface area (Å²) >= 11 is 0. The van der Waals surface area contributed by atoms with Gasteiger partial charge in [0.1, 0.15) is 5.75 Å². The molecule has 0 aromatic heterocycles. The highest BCUT2D eigenvalue weighted by Crippen LogP contribution is 2.46. The number of ether oxygens (including phenoxy) is 5. The van der Waals surface area contributed by atoms with Crippen LogP contribution in [0, 0.1) is 27.6 Å². The Morgan fingerprint density at radius 2 is 1.37 bits per heavy atom. The van der Waals surface area contributed by atoms with E-state index in [9.17, 15) is 14.4 Å². The fourth-order valence-electron chi connectivity index (χ4n) is 5.83. The van der Waals surface area contributed by atoms with Crippen LogP contribution in [0.15, 0.2) is 58.8 Å². The van der Waals surface area contributed by atoms with E-state index in [-0.39, 0.29) is 32.2 Å². The van der Waals surface area contributed by atoms with E-state index in [4.69, 9.17) is 28.9 Å². The quantitative estimate of drug-likeness (QED) is 0.0419. The molecule has 0 N–H and O–H groups in total. The number of esters is 3. The molecule has 0 bridgehead atoms. The van der Waals surface area contributed by atoms with Crippen LogP contribution in [-0.4, -0.2) is 57.5 Å². The number of hydrogen-bond acceptors (Lipinski definition) is 11. The average Bonchev–Trinajstić information content (AvgIpc) is 3.92. The van der Waals surface area contributed by atoms with E-state index in [1.54, 1.807) is 52.0 Å². The fourth-order valence-corrected chi connectivity index (χ4v) is 5.83. The van der Waals surface area contributed by atoms with Crippen LogP contribution in [0.25, 0.3) is 0 Å². The van der Waals surface area contributed by atoms with Crippen LogP contribution in [0.3, 0.4) is 0 Å². The largest absolute Gasteiger partial charge is 0.494 e. The SMILES string of the molecule is CCC(C)(CC(C)(CC(C)(C)C(=O)OCCC1CO1)C(=O)OCCCCCCOc1ccc(N=Nc2ccc(C#N)cc2)cc1)C(=O)OC. The molecule has 0 spiro atoms. The summed E-state index contributed by atoms with van der Waals surface area (Å²) in [5, 5.41) is 17.3. The first-order chi connectivity index (χ1) is 23.3. The Morgan fingerprint density at radius 3 is 1.92 bits per heavy atom. The molecular weight excluding hydrogens is 626 g/mol. The number of carbonyl (C=O) groups is 3. The molecule has 0 radical (unpaired) electrons. The molecule has 1 saturated heterocycles. The van der Waals surface area contributed by atoms with Crippen LogP contribution in [0.4, 0.5) is 11.4 Å². The minimum Gasteiger partial charge on any atom is -0.494 e. The van der Waals surface area contributed by atoms with E-state index in [2.05, 4.69) is 16.3 Å². The molecule has 3 unspecified atom stereocenters. The van der Waals surface area contributed by atoms with Crippen LogP contribution in [0.1, 0.15) is 91.5 Å². The molecule has 1 fully saturated rings. The predicted octanol–water partition coefficient (Wildman–Crippen LogP) is 8.19. The van der Waals surface area contributed by atoms with Gasteiger partial charge >= 0.3 is 17.9 Å². The second kappa shape index (κ2) is 18.5. The zero-order valence-corrected chi connectivity index (χ0v) is 29.8. The third-order valence-electron chi connectivity index (χ3n) is 8.85. The van der Waals surface area contributed by atoms with Crippen molar-refractivity contribution in [3.63, 3.8) is 0 Å². The summed E-state index contributed by atoms with van der Waals surface area (Å²) in [5.41, 5.74) is -1.12. The summed E-state index contributed by atoms with van der Waals surface area (Å²) in [5.74, 6) is -0.499. The number of methoxy groups -OCH3 is 1. The zero-order valence-electron chi connectivity index (χ0n) is 29.8. The molecule has 3 atom stereocenters. The van der Waals surface area contributed by atoms with Crippen molar-refractivity contribution in [3.8, 4) is 11.8 Å². The average molecular weight is 678 g/mol. The number of epoxide rings is 1. The third kappa shape index (κ3) is 12.6. The Bertz CT molecular complexity index is 1450. The standard InChI is InChI=1S/C38H51N3O8/c1-7-37(4,34(43)45-6)27-38(5,26-36(2,3)33(42)48-23-20-32-25-49-32)35(44)47-22-11-9-8-10-21-46-31-18-16-30(17-19-31)41-40-29-14-12-28(24-39)13-15-29/h12-19,32H,7-11,20-23,25-27H2,1-6H3. The highest BCUT2D eigenvalue weighted by molar-refractivity contribution is 5.82. The van der Waals surface area contributed by atoms with Crippen LogP contribution in [0.2, 0.25) is 0 Å². The van der Waals surface area contributed by atoms with Gasteiger partial charge in [-0.1, -0.05) is 6.92 Å². The van der Waals surface area contributed by atoms with Crippen LogP contribution in [-0.2, 0) is 33.3 Å². The van der Waals surface area contributed by atoms with Crippen molar-refractivity contribution in [2.24, 2.45) is 26.5 Å². The number of nitriles is 1. The minimum absolute atomic E-state index is 0.151. The van der Waals surface area contributed by atoms with Gasteiger partial charge in [0.05, 0.1) is 78.9 Å². The van der Waals surface area contributed by atoms with Crippen molar-refractivity contribution in [3.05, 3.63) is 54.1 Å². The van der Waals surface area contributed by atoms with E-state index in [0.29, 0.717) is 49.4 Å². The first-order valence-corrected chi connectivity index (χ1v) is 17.0. The normalized spacial score (nSPS) is 16.6. The molecule has 266 valence electrons. The van der Waals surface area contributed by atoms with Gasteiger partial charge in [-0.05, 0) is 121 Å². The number of hydrogen-bond donors (Lipinski definition) is 0. The van der Waals surface area contributed by atoms with Crippen LogP contribution in [0.5, 0.6) is 5.75 Å². The molecule has 1 aliphatic heterocycles. The van der Waals surface area contributed by atoms with Gasteiger partial charge in [0.15, 0.2) is 0 Å².